The van der Waals surface area contributed by atoms with Crippen LogP contribution >= 0.6 is 0 Å². The van der Waals surface area contributed by atoms with Gasteiger partial charge in [-0.05, 0) is 24.6 Å². The van der Waals surface area contributed by atoms with E-state index in [0.717, 1.165) is 17.0 Å². The number of methoxy groups -OCH3 is 2. The number of aromatic nitrogens is 1. The third-order valence-electron chi connectivity index (χ3n) is 3.18. The van der Waals surface area contributed by atoms with Crippen LogP contribution in [0.25, 0.3) is 0 Å². The van der Waals surface area contributed by atoms with E-state index in [1.165, 1.54) is 5.56 Å². The lowest BCUT2D eigenvalue weighted by molar-refractivity contribution is 0.181. The number of nitrogens with one attached hydrogen (secondary N) is 1. The summed E-state index contributed by atoms with van der Waals surface area (Å²) in [5.74, 6) is 0.847. The molecule has 2 rings (SSSR count). The molecule has 0 spiro atoms. The fraction of sp³-hybridized carbons (Fsp3) is 0.400. The van der Waals surface area contributed by atoms with Crippen LogP contribution in [0.5, 0.6) is 5.75 Å². The highest BCUT2D eigenvalue weighted by molar-refractivity contribution is 5.38. The van der Waals surface area contributed by atoms with Crippen LogP contribution in [0.15, 0.2) is 35.1 Å². The summed E-state index contributed by atoms with van der Waals surface area (Å²) in [7, 11) is 3.35. The summed E-state index contributed by atoms with van der Waals surface area (Å²) in [6, 6.07) is 8.18. The number of benzene rings is 1. The zero-order valence-corrected chi connectivity index (χ0v) is 12.1. The Morgan fingerprint density at radius 1 is 1.30 bits per heavy atom. The number of hydrogen-bond acceptors (Lipinski definition) is 5. The second-order valence-corrected chi connectivity index (χ2v) is 4.60. The van der Waals surface area contributed by atoms with Gasteiger partial charge in [0.1, 0.15) is 12.0 Å². The summed E-state index contributed by atoms with van der Waals surface area (Å²) in [5, 5.41) is 7.28. The SMILES string of the molecule is COCc1cc(C(C)NCc2ccon2)ccc1OC. The van der Waals surface area contributed by atoms with E-state index in [0.29, 0.717) is 13.2 Å². The van der Waals surface area contributed by atoms with Crippen LogP contribution in [0.3, 0.4) is 0 Å². The molecule has 1 aromatic carbocycles. The minimum absolute atomic E-state index is 0.202. The monoisotopic (exact) mass is 276 g/mol. The van der Waals surface area contributed by atoms with Crippen LogP contribution in [0.2, 0.25) is 0 Å². The van der Waals surface area contributed by atoms with E-state index in [2.05, 4.69) is 29.5 Å². The Bertz CT molecular complexity index is 526. The van der Waals surface area contributed by atoms with Gasteiger partial charge >= 0.3 is 0 Å². The molecular formula is C15H20N2O3. The van der Waals surface area contributed by atoms with Crippen molar-refractivity contribution in [1.29, 1.82) is 0 Å². The lowest BCUT2D eigenvalue weighted by atomic mass is 10.0. The molecule has 0 amide bonds. The van der Waals surface area contributed by atoms with Crippen molar-refractivity contribution in [2.45, 2.75) is 26.1 Å². The Kier molecular flexibility index (Phi) is 5.15. The van der Waals surface area contributed by atoms with Crippen molar-refractivity contribution >= 4 is 0 Å². The number of rotatable bonds is 7. The predicted octanol–water partition coefficient (Wildman–Crippen LogP) is 2.68. The topological polar surface area (TPSA) is 56.5 Å². The maximum Gasteiger partial charge on any atom is 0.124 e. The van der Waals surface area contributed by atoms with E-state index in [1.807, 2.05) is 12.1 Å². The van der Waals surface area contributed by atoms with Crippen LogP contribution in [-0.4, -0.2) is 19.4 Å². The maximum atomic E-state index is 5.33. The molecule has 5 heteroatoms. The Labute approximate surface area is 118 Å². The Morgan fingerprint density at radius 2 is 2.15 bits per heavy atom. The molecule has 1 unspecified atom stereocenters. The molecule has 0 aliphatic rings. The van der Waals surface area contributed by atoms with E-state index in [4.69, 9.17) is 14.0 Å². The van der Waals surface area contributed by atoms with Crippen LogP contribution in [0, 0.1) is 0 Å². The largest absolute Gasteiger partial charge is 0.496 e. The molecule has 1 aromatic heterocycles. The Balaban J connectivity index is 2.05. The molecule has 1 N–H and O–H groups in total. The molecule has 2 aromatic rings. The summed E-state index contributed by atoms with van der Waals surface area (Å²) in [5.41, 5.74) is 3.12. The van der Waals surface area contributed by atoms with Crippen LogP contribution in [0.4, 0.5) is 0 Å². The molecule has 20 heavy (non-hydrogen) atoms. The van der Waals surface area contributed by atoms with E-state index < -0.39 is 0 Å². The van der Waals surface area contributed by atoms with Gasteiger partial charge in [-0.25, -0.2) is 0 Å². The molecule has 5 nitrogen and oxygen atoms in total. The lowest BCUT2D eigenvalue weighted by Gasteiger charge is -2.16. The summed E-state index contributed by atoms with van der Waals surface area (Å²) in [6.45, 7) is 3.31. The first-order valence-electron chi connectivity index (χ1n) is 6.53. The first kappa shape index (κ1) is 14.6. The van der Waals surface area contributed by atoms with E-state index in [1.54, 1.807) is 20.5 Å². The third-order valence-corrected chi connectivity index (χ3v) is 3.18. The van der Waals surface area contributed by atoms with Gasteiger partial charge in [0, 0.05) is 31.3 Å². The minimum atomic E-state index is 0.202. The molecule has 0 bridgehead atoms. The fourth-order valence-corrected chi connectivity index (χ4v) is 2.04. The normalized spacial score (nSPS) is 12.3. The van der Waals surface area contributed by atoms with Gasteiger partial charge in [0.05, 0.1) is 19.4 Å². The molecule has 0 saturated heterocycles. The van der Waals surface area contributed by atoms with Crippen molar-refractivity contribution < 1.29 is 14.0 Å². The van der Waals surface area contributed by atoms with Crippen LogP contribution in [0.1, 0.15) is 29.8 Å². The first-order valence-corrected chi connectivity index (χ1v) is 6.53. The van der Waals surface area contributed by atoms with E-state index >= 15 is 0 Å². The van der Waals surface area contributed by atoms with Crippen LogP contribution in [-0.2, 0) is 17.9 Å². The highest BCUT2D eigenvalue weighted by Crippen LogP contribution is 2.24. The highest BCUT2D eigenvalue weighted by Gasteiger charge is 2.10. The van der Waals surface area contributed by atoms with Crippen LogP contribution < -0.4 is 10.1 Å². The van der Waals surface area contributed by atoms with E-state index in [9.17, 15) is 0 Å². The van der Waals surface area contributed by atoms with Gasteiger partial charge in [-0.1, -0.05) is 11.2 Å². The molecule has 0 radical (unpaired) electrons. The van der Waals surface area contributed by atoms with Crippen molar-refractivity contribution in [2.75, 3.05) is 14.2 Å². The van der Waals surface area contributed by atoms with Gasteiger partial charge in [0.15, 0.2) is 0 Å². The van der Waals surface area contributed by atoms with Gasteiger partial charge < -0.3 is 19.3 Å². The Hall–Kier alpha value is -1.85. The molecule has 0 saturated carbocycles. The fourth-order valence-electron chi connectivity index (χ4n) is 2.04. The van der Waals surface area contributed by atoms with E-state index in [-0.39, 0.29) is 6.04 Å². The molecule has 0 aliphatic carbocycles. The first-order chi connectivity index (χ1) is 9.74. The number of hydrogen-bond donors (Lipinski definition) is 1. The number of ether oxygens (including phenoxy) is 2. The van der Waals surface area contributed by atoms with Gasteiger partial charge in [-0.15, -0.1) is 0 Å². The van der Waals surface area contributed by atoms with Crippen molar-refractivity contribution in [1.82, 2.24) is 10.5 Å². The molecule has 108 valence electrons. The molecule has 1 heterocycles. The smallest absolute Gasteiger partial charge is 0.124 e. The zero-order valence-electron chi connectivity index (χ0n) is 12.1. The molecule has 0 fully saturated rings. The summed E-state index contributed by atoms with van der Waals surface area (Å²) in [6.07, 6.45) is 1.58. The Morgan fingerprint density at radius 3 is 2.80 bits per heavy atom. The van der Waals surface area contributed by atoms with Crippen molar-refractivity contribution in [3.8, 4) is 5.75 Å². The van der Waals surface area contributed by atoms with Gasteiger partial charge in [0.2, 0.25) is 0 Å². The van der Waals surface area contributed by atoms with Crippen molar-refractivity contribution in [3.63, 3.8) is 0 Å². The molecule has 1 atom stereocenters. The maximum absolute atomic E-state index is 5.33. The standard InChI is InChI=1S/C15H20N2O3/c1-11(16-9-14-6-7-20-17-14)12-4-5-15(19-3)13(8-12)10-18-2/h4-8,11,16H,9-10H2,1-3H3. The molecular weight excluding hydrogens is 256 g/mol. The predicted molar refractivity (Wildman–Crippen MR) is 75.5 cm³/mol. The highest BCUT2D eigenvalue weighted by atomic mass is 16.5. The summed E-state index contributed by atoms with van der Waals surface area (Å²) >= 11 is 0. The van der Waals surface area contributed by atoms with Gasteiger partial charge in [-0.3, -0.25) is 0 Å². The quantitative estimate of drug-likeness (QED) is 0.842. The average Bonchev–Trinajstić information content (AvgIpc) is 2.98. The van der Waals surface area contributed by atoms with Gasteiger partial charge in [0.25, 0.3) is 0 Å². The minimum Gasteiger partial charge on any atom is -0.496 e. The third kappa shape index (κ3) is 3.59. The van der Waals surface area contributed by atoms with Crippen molar-refractivity contribution in [3.05, 3.63) is 47.3 Å². The molecule has 0 aliphatic heterocycles. The van der Waals surface area contributed by atoms with Crippen molar-refractivity contribution in [2.24, 2.45) is 0 Å². The number of nitrogens with zero attached hydrogens (tertiary/aromatic N) is 1. The average molecular weight is 276 g/mol. The van der Waals surface area contributed by atoms with Gasteiger partial charge in [-0.2, -0.15) is 0 Å². The summed E-state index contributed by atoms with van der Waals surface area (Å²) in [4.78, 5) is 0. The second kappa shape index (κ2) is 7.07. The zero-order chi connectivity index (χ0) is 14.4. The summed E-state index contributed by atoms with van der Waals surface area (Å²) < 4.78 is 15.3. The lowest BCUT2D eigenvalue weighted by Crippen LogP contribution is -2.18. The second-order valence-electron chi connectivity index (χ2n) is 4.60.